The van der Waals surface area contributed by atoms with Crippen LogP contribution < -0.4 is 0 Å². The Kier molecular flexibility index (Phi) is 3.53. The predicted molar refractivity (Wildman–Crippen MR) is 72.4 cm³/mol. The largest absolute Gasteiger partial charge is 0.478 e. The third kappa shape index (κ3) is 2.18. The van der Waals surface area contributed by atoms with E-state index in [0.717, 1.165) is 29.6 Å². The minimum absolute atomic E-state index is 0.234. The highest BCUT2D eigenvalue weighted by Gasteiger charge is 2.12. The first kappa shape index (κ1) is 12.8. The molecule has 0 aliphatic rings. The summed E-state index contributed by atoms with van der Waals surface area (Å²) < 4.78 is 0. The quantitative estimate of drug-likeness (QED) is 0.915. The Bertz CT molecular complexity index is 623. The molecule has 0 fully saturated rings. The average Bonchev–Trinajstić information content (AvgIpc) is 2.34. The standard InChI is InChI=1S/C14H14ClNO2/c1-3-4-10-8(2)16-12-6-5-9(14(17)18)7-11(12)13(10)15/h5-7H,3-4H2,1-2H3,(H,17,18). The molecular formula is C14H14ClNO2. The van der Waals surface area contributed by atoms with Crippen molar-refractivity contribution >= 4 is 28.5 Å². The Morgan fingerprint density at radius 1 is 1.44 bits per heavy atom. The zero-order valence-electron chi connectivity index (χ0n) is 10.3. The van der Waals surface area contributed by atoms with Crippen LogP contribution in [0.3, 0.4) is 0 Å². The number of carboxylic acids is 1. The third-order valence-electron chi connectivity index (χ3n) is 2.97. The molecule has 1 heterocycles. The van der Waals surface area contributed by atoms with Crippen LogP contribution >= 0.6 is 11.6 Å². The lowest BCUT2D eigenvalue weighted by Gasteiger charge is -2.10. The van der Waals surface area contributed by atoms with Gasteiger partial charge in [0.05, 0.1) is 16.1 Å². The SMILES string of the molecule is CCCc1c(C)nc2ccc(C(=O)O)cc2c1Cl. The molecule has 0 spiro atoms. The van der Waals surface area contributed by atoms with Crippen molar-refractivity contribution in [3.05, 3.63) is 40.0 Å². The number of carboxylic acid groups (broad SMARTS) is 1. The van der Waals surface area contributed by atoms with E-state index in [1.54, 1.807) is 18.2 Å². The third-order valence-corrected chi connectivity index (χ3v) is 3.40. The summed E-state index contributed by atoms with van der Waals surface area (Å²) in [7, 11) is 0. The molecule has 0 atom stereocenters. The Morgan fingerprint density at radius 3 is 2.78 bits per heavy atom. The van der Waals surface area contributed by atoms with Crippen molar-refractivity contribution in [2.45, 2.75) is 26.7 Å². The number of hydrogen-bond donors (Lipinski definition) is 1. The predicted octanol–water partition coefficient (Wildman–Crippen LogP) is 3.85. The second kappa shape index (κ2) is 4.94. The minimum atomic E-state index is -0.953. The Labute approximate surface area is 110 Å². The summed E-state index contributed by atoms with van der Waals surface area (Å²) in [5.74, 6) is -0.953. The van der Waals surface area contributed by atoms with Crippen molar-refractivity contribution in [3.8, 4) is 0 Å². The van der Waals surface area contributed by atoms with Crippen molar-refractivity contribution < 1.29 is 9.90 Å². The van der Waals surface area contributed by atoms with E-state index in [1.165, 1.54) is 0 Å². The molecule has 1 aromatic carbocycles. The number of aryl methyl sites for hydroxylation is 1. The highest BCUT2D eigenvalue weighted by atomic mass is 35.5. The molecule has 0 unspecified atom stereocenters. The fourth-order valence-electron chi connectivity index (χ4n) is 2.05. The normalized spacial score (nSPS) is 10.8. The Morgan fingerprint density at radius 2 is 2.17 bits per heavy atom. The van der Waals surface area contributed by atoms with Gasteiger partial charge in [0.15, 0.2) is 0 Å². The van der Waals surface area contributed by atoms with Gasteiger partial charge in [0.2, 0.25) is 0 Å². The van der Waals surface area contributed by atoms with Crippen molar-refractivity contribution in [3.63, 3.8) is 0 Å². The molecule has 0 amide bonds. The van der Waals surface area contributed by atoms with Crippen LogP contribution in [-0.4, -0.2) is 16.1 Å². The smallest absolute Gasteiger partial charge is 0.335 e. The second-order valence-corrected chi connectivity index (χ2v) is 4.65. The first-order chi connectivity index (χ1) is 8.54. The zero-order chi connectivity index (χ0) is 13.3. The van der Waals surface area contributed by atoms with Gasteiger partial charge in [-0.1, -0.05) is 24.9 Å². The number of rotatable bonds is 3. The van der Waals surface area contributed by atoms with Crippen LogP contribution in [-0.2, 0) is 6.42 Å². The van der Waals surface area contributed by atoms with Gasteiger partial charge in [0, 0.05) is 11.1 Å². The molecule has 18 heavy (non-hydrogen) atoms. The molecule has 1 N–H and O–H groups in total. The molecule has 3 nitrogen and oxygen atoms in total. The van der Waals surface area contributed by atoms with E-state index < -0.39 is 5.97 Å². The summed E-state index contributed by atoms with van der Waals surface area (Å²) in [5, 5.41) is 10.3. The first-order valence-corrected chi connectivity index (χ1v) is 6.24. The van der Waals surface area contributed by atoms with Crippen LogP contribution in [0.2, 0.25) is 5.02 Å². The number of aromatic carboxylic acids is 1. The fraction of sp³-hybridized carbons (Fsp3) is 0.286. The maximum Gasteiger partial charge on any atom is 0.335 e. The lowest BCUT2D eigenvalue weighted by molar-refractivity contribution is 0.0697. The van der Waals surface area contributed by atoms with Gasteiger partial charge in [-0.2, -0.15) is 0 Å². The van der Waals surface area contributed by atoms with Crippen molar-refractivity contribution in [2.75, 3.05) is 0 Å². The molecule has 2 rings (SSSR count). The molecule has 1 aromatic heterocycles. The minimum Gasteiger partial charge on any atom is -0.478 e. The van der Waals surface area contributed by atoms with Gasteiger partial charge in [-0.3, -0.25) is 4.98 Å². The summed E-state index contributed by atoms with van der Waals surface area (Å²) in [4.78, 5) is 15.4. The number of aromatic nitrogens is 1. The van der Waals surface area contributed by atoms with Crippen molar-refractivity contribution in [1.29, 1.82) is 0 Å². The van der Waals surface area contributed by atoms with Gasteiger partial charge in [-0.05, 0) is 37.1 Å². The number of pyridine rings is 1. The van der Waals surface area contributed by atoms with E-state index >= 15 is 0 Å². The van der Waals surface area contributed by atoms with Crippen LogP contribution in [0.15, 0.2) is 18.2 Å². The molecule has 0 aliphatic heterocycles. The highest BCUT2D eigenvalue weighted by Crippen LogP contribution is 2.29. The molecule has 0 bridgehead atoms. The number of nitrogens with zero attached hydrogens (tertiary/aromatic N) is 1. The van der Waals surface area contributed by atoms with Crippen LogP contribution in [0.5, 0.6) is 0 Å². The van der Waals surface area contributed by atoms with Crippen LogP contribution in [0.25, 0.3) is 10.9 Å². The summed E-state index contributed by atoms with van der Waals surface area (Å²) >= 11 is 6.37. The molecule has 94 valence electrons. The lowest BCUT2D eigenvalue weighted by Crippen LogP contribution is -1.99. The number of fused-ring (bicyclic) bond motifs is 1. The summed E-state index contributed by atoms with van der Waals surface area (Å²) in [5.41, 5.74) is 2.89. The average molecular weight is 264 g/mol. The van der Waals surface area contributed by atoms with Crippen molar-refractivity contribution in [2.24, 2.45) is 0 Å². The zero-order valence-corrected chi connectivity index (χ0v) is 11.1. The Balaban J connectivity index is 2.72. The molecular weight excluding hydrogens is 250 g/mol. The molecule has 0 radical (unpaired) electrons. The number of halogens is 1. The maximum atomic E-state index is 11.0. The molecule has 2 aromatic rings. The molecule has 0 saturated heterocycles. The van der Waals surface area contributed by atoms with Gasteiger partial charge in [0.1, 0.15) is 0 Å². The maximum absolute atomic E-state index is 11.0. The van der Waals surface area contributed by atoms with E-state index in [2.05, 4.69) is 11.9 Å². The van der Waals surface area contributed by atoms with E-state index in [4.69, 9.17) is 16.7 Å². The highest BCUT2D eigenvalue weighted by molar-refractivity contribution is 6.36. The second-order valence-electron chi connectivity index (χ2n) is 4.28. The van der Waals surface area contributed by atoms with Gasteiger partial charge in [-0.15, -0.1) is 0 Å². The van der Waals surface area contributed by atoms with E-state index in [0.29, 0.717) is 10.4 Å². The van der Waals surface area contributed by atoms with Gasteiger partial charge < -0.3 is 5.11 Å². The summed E-state index contributed by atoms with van der Waals surface area (Å²) in [6.07, 6.45) is 1.83. The number of hydrogen-bond acceptors (Lipinski definition) is 2. The first-order valence-electron chi connectivity index (χ1n) is 5.86. The van der Waals surface area contributed by atoms with E-state index in [1.807, 2.05) is 6.92 Å². The van der Waals surface area contributed by atoms with Crippen LogP contribution in [0, 0.1) is 6.92 Å². The van der Waals surface area contributed by atoms with Gasteiger partial charge >= 0.3 is 5.97 Å². The van der Waals surface area contributed by atoms with Crippen molar-refractivity contribution in [1.82, 2.24) is 4.98 Å². The van der Waals surface area contributed by atoms with Gasteiger partial charge in [0.25, 0.3) is 0 Å². The monoisotopic (exact) mass is 263 g/mol. The fourth-order valence-corrected chi connectivity index (χ4v) is 2.44. The summed E-state index contributed by atoms with van der Waals surface area (Å²) in [6, 6.07) is 4.84. The van der Waals surface area contributed by atoms with E-state index in [9.17, 15) is 4.79 Å². The molecule has 0 aliphatic carbocycles. The number of benzene rings is 1. The van der Waals surface area contributed by atoms with Crippen LogP contribution in [0.4, 0.5) is 0 Å². The molecule has 0 saturated carbocycles. The van der Waals surface area contributed by atoms with E-state index in [-0.39, 0.29) is 5.56 Å². The number of carbonyl (C=O) groups is 1. The topological polar surface area (TPSA) is 50.2 Å². The van der Waals surface area contributed by atoms with Gasteiger partial charge in [-0.25, -0.2) is 4.79 Å². The van der Waals surface area contributed by atoms with Crippen LogP contribution in [0.1, 0.15) is 35.0 Å². The lowest BCUT2D eigenvalue weighted by atomic mass is 10.0. The summed E-state index contributed by atoms with van der Waals surface area (Å²) in [6.45, 7) is 4.01. The molecule has 4 heteroatoms. The Hall–Kier alpha value is -1.61.